The Morgan fingerprint density at radius 3 is 2.47 bits per heavy atom. The quantitative estimate of drug-likeness (QED) is 0.701. The van der Waals surface area contributed by atoms with E-state index in [1.165, 1.54) is 38.2 Å². The highest BCUT2D eigenvalue weighted by molar-refractivity contribution is 5.20. The van der Waals surface area contributed by atoms with Crippen molar-refractivity contribution in [1.29, 1.82) is 0 Å². The van der Waals surface area contributed by atoms with Crippen molar-refractivity contribution in [2.45, 2.75) is 45.1 Å². The van der Waals surface area contributed by atoms with Gasteiger partial charge in [-0.3, -0.25) is 0 Å². The first-order valence-corrected chi connectivity index (χ1v) is 5.98. The summed E-state index contributed by atoms with van der Waals surface area (Å²) in [6, 6.07) is 0.468. The molecule has 3 rings (SSSR count). The van der Waals surface area contributed by atoms with Crippen LogP contribution in [0.25, 0.3) is 0 Å². The van der Waals surface area contributed by atoms with E-state index in [1.807, 2.05) is 0 Å². The van der Waals surface area contributed by atoms with E-state index >= 15 is 0 Å². The Labute approximate surface area is 91.4 Å². The van der Waals surface area contributed by atoms with Gasteiger partial charge in [-0.05, 0) is 44.1 Å². The molecule has 0 aromatic rings. The molecule has 2 heteroatoms. The second-order valence-electron chi connectivity index (χ2n) is 4.88. The zero-order valence-electron chi connectivity index (χ0n) is 9.43. The Morgan fingerprint density at radius 2 is 2.00 bits per heavy atom. The summed E-state index contributed by atoms with van der Waals surface area (Å²) in [7, 11) is 0. The predicted octanol–water partition coefficient (Wildman–Crippen LogP) is 3.54. The number of nitrogens with one attached hydrogen (secondary N) is 1. The highest BCUT2D eigenvalue weighted by Crippen LogP contribution is 2.41. The van der Waals surface area contributed by atoms with Crippen molar-refractivity contribution in [3.05, 3.63) is 24.2 Å². The lowest BCUT2D eigenvalue weighted by molar-refractivity contribution is 0.130. The van der Waals surface area contributed by atoms with E-state index in [2.05, 4.69) is 11.9 Å². The largest absolute Gasteiger partial charge is 0.380 e. The molecule has 3 fully saturated rings. The molecule has 1 nitrogen and oxygen atoms in total. The van der Waals surface area contributed by atoms with E-state index in [-0.39, 0.29) is 5.83 Å². The first kappa shape index (κ1) is 10.7. The maximum atomic E-state index is 13.2. The van der Waals surface area contributed by atoms with Crippen LogP contribution in [0.4, 0.5) is 4.39 Å². The number of hydrogen-bond acceptors (Lipinski definition) is 1. The van der Waals surface area contributed by atoms with Gasteiger partial charge >= 0.3 is 0 Å². The maximum Gasteiger partial charge on any atom is 0.141 e. The fourth-order valence-electron chi connectivity index (χ4n) is 3.02. The molecule has 0 aliphatic heterocycles. The van der Waals surface area contributed by atoms with Crippen molar-refractivity contribution in [2.75, 3.05) is 0 Å². The van der Waals surface area contributed by atoms with Crippen LogP contribution in [-0.4, -0.2) is 6.04 Å². The Bertz CT molecular complexity index is 274. The molecule has 1 unspecified atom stereocenters. The summed E-state index contributed by atoms with van der Waals surface area (Å²) >= 11 is 0. The monoisotopic (exact) mass is 209 g/mol. The average Bonchev–Trinajstić information content (AvgIpc) is 2.29. The van der Waals surface area contributed by atoms with Crippen molar-refractivity contribution in [2.24, 2.45) is 11.8 Å². The first-order valence-electron chi connectivity index (χ1n) is 5.98. The van der Waals surface area contributed by atoms with Gasteiger partial charge in [-0.1, -0.05) is 19.4 Å². The number of hydrogen-bond donors (Lipinski definition) is 1. The summed E-state index contributed by atoms with van der Waals surface area (Å²) in [5.74, 6) is 1.40. The van der Waals surface area contributed by atoms with E-state index in [1.54, 1.807) is 6.92 Å². The van der Waals surface area contributed by atoms with Crippen LogP contribution in [0.2, 0.25) is 0 Å². The molecule has 3 aliphatic carbocycles. The molecule has 0 heterocycles. The van der Waals surface area contributed by atoms with E-state index in [4.69, 9.17) is 0 Å². The van der Waals surface area contributed by atoms with Crippen molar-refractivity contribution < 1.29 is 4.39 Å². The Kier molecular flexibility index (Phi) is 3.13. The van der Waals surface area contributed by atoms with Crippen LogP contribution in [0.3, 0.4) is 0 Å². The minimum atomic E-state index is -0.212. The molecule has 1 N–H and O–H groups in total. The van der Waals surface area contributed by atoms with Gasteiger partial charge in [-0.15, -0.1) is 0 Å². The molecule has 0 aromatic carbocycles. The zero-order chi connectivity index (χ0) is 10.8. The molecule has 0 spiro atoms. The molecule has 15 heavy (non-hydrogen) atoms. The smallest absolute Gasteiger partial charge is 0.141 e. The van der Waals surface area contributed by atoms with Crippen molar-refractivity contribution >= 4 is 0 Å². The third-order valence-electron chi connectivity index (χ3n) is 3.95. The van der Waals surface area contributed by atoms with Gasteiger partial charge in [0.25, 0.3) is 0 Å². The minimum Gasteiger partial charge on any atom is -0.380 e. The Balaban J connectivity index is 1.93. The summed E-state index contributed by atoms with van der Waals surface area (Å²) in [6.07, 6.45) is 8.06. The zero-order valence-corrected chi connectivity index (χ0v) is 9.43. The number of rotatable bonds is 3. The molecule has 84 valence electrons. The molecule has 0 aromatic heterocycles. The molecule has 0 saturated heterocycles. The minimum absolute atomic E-state index is 0.212. The summed E-state index contributed by atoms with van der Waals surface area (Å²) in [4.78, 5) is 0. The third kappa shape index (κ3) is 2.24. The van der Waals surface area contributed by atoms with E-state index in [0.717, 1.165) is 11.8 Å². The van der Waals surface area contributed by atoms with Crippen molar-refractivity contribution in [1.82, 2.24) is 5.32 Å². The molecular weight excluding hydrogens is 189 g/mol. The van der Waals surface area contributed by atoms with Crippen LogP contribution >= 0.6 is 0 Å². The fraction of sp³-hybridized carbons (Fsp3) is 0.692. The molecule has 1 atom stereocenters. The van der Waals surface area contributed by atoms with Gasteiger partial charge in [0.15, 0.2) is 0 Å². The summed E-state index contributed by atoms with van der Waals surface area (Å²) in [5.41, 5.74) is 0.468. The SMILES string of the molecule is C=C(NC1CC2CCC1CC2)/C(F)=C\C. The number of halogens is 1. The second-order valence-corrected chi connectivity index (χ2v) is 4.88. The van der Waals surface area contributed by atoms with Crippen molar-refractivity contribution in [3.8, 4) is 0 Å². The van der Waals surface area contributed by atoms with Crippen LogP contribution in [-0.2, 0) is 0 Å². The number of fused-ring (bicyclic) bond motifs is 3. The number of allylic oxidation sites excluding steroid dienone is 2. The van der Waals surface area contributed by atoms with Crippen LogP contribution in [0.15, 0.2) is 24.2 Å². The van der Waals surface area contributed by atoms with Crippen LogP contribution in [0, 0.1) is 11.8 Å². The highest BCUT2D eigenvalue weighted by Gasteiger charge is 2.35. The van der Waals surface area contributed by atoms with E-state index in [0.29, 0.717) is 11.7 Å². The fourth-order valence-corrected chi connectivity index (χ4v) is 3.02. The van der Waals surface area contributed by atoms with Gasteiger partial charge < -0.3 is 5.32 Å². The normalized spacial score (nSPS) is 35.3. The van der Waals surface area contributed by atoms with Gasteiger partial charge in [0, 0.05) is 6.04 Å². The average molecular weight is 209 g/mol. The molecular formula is C13H20FN. The van der Waals surface area contributed by atoms with Crippen molar-refractivity contribution in [3.63, 3.8) is 0 Å². The molecule has 2 bridgehead atoms. The Morgan fingerprint density at radius 1 is 1.33 bits per heavy atom. The predicted molar refractivity (Wildman–Crippen MR) is 61.0 cm³/mol. The van der Waals surface area contributed by atoms with Crippen LogP contribution in [0.1, 0.15) is 39.0 Å². The maximum absolute atomic E-state index is 13.2. The molecule has 3 aliphatic rings. The summed E-state index contributed by atoms with van der Waals surface area (Å²) < 4.78 is 13.2. The van der Waals surface area contributed by atoms with Gasteiger partial charge in [0.05, 0.1) is 5.70 Å². The first-order chi connectivity index (χ1) is 7.20. The van der Waals surface area contributed by atoms with Gasteiger partial charge in [-0.25, -0.2) is 4.39 Å². The lowest BCUT2D eigenvalue weighted by Crippen LogP contribution is -2.44. The topological polar surface area (TPSA) is 12.0 Å². The van der Waals surface area contributed by atoms with Crippen LogP contribution in [0.5, 0.6) is 0 Å². The van der Waals surface area contributed by atoms with Gasteiger partial charge in [0.2, 0.25) is 0 Å². The standard InChI is InChI=1S/C13H20FN/c1-3-12(14)9(2)15-13-8-10-4-6-11(13)7-5-10/h3,10-11,13,15H,2,4-8H2,1H3/b12-3+. The second kappa shape index (κ2) is 4.38. The lowest BCUT2D eigenvalue weighted by Gasteiger charge is -2.43. The van der Waals surface area contributed by atoms with Gasteiger partial charge in [-0.2, -0.15) is 0 Å². The summed E-state index contributed by atoms with van der Waals surface area (Å²) in [6.45, 7) is 5.45. The molecule has 0 amide bonds. The van der Waals surface area contributed by atoms with Gasteiger partial charge in [0.1, 0.15) is 5.83 Å². The molecule has 3 saturated carbocycles. The van der Waals surface area contributed by atoms with E-state index in [9.17, 15) is 4.39 Å². The lowest BCUT2D eigenvalue weighted by atomic mass is 9.68. The Hall–Kier alpha value is -0.790. The summed E-state index contributed by atoms with van der Waals surface area (Å²) in [5, 5.41) is 3.26. The van der Waals surface area contributed by atoms with Crippen LogP contribution < -0.4 is 5.32 Å². The molecule has 0 radical (unpaired) electrons. The highest BCUT2D eigenvalue weighted by atomic mass is 19.1. The van der Waals surface area contributed by atoms with E-state index < -0.39 is 0 Å². The third-order valence-corrected chi connectivity index (χ3v) is 3.95.